The predicted octanol–water partition coefficient (Wildman–Crippen LogP) is 4.58. The first-order chi connectivity index (χ1) is 12.1. The van der Waals surface area contributed by atoms with E-state index < -0.39 is 11.4 Å². The average Bonchev–Trinajstić information content (AvgIpc) is 2.75. The zero-order chi connectivity index (χ0) is 18.9. The number of hydrogen-bond donors (Lipinski definition) is 1. The molecule has 0 heterocycles. The van der Waals surface area contributed by atoms with Crippen molar-refractivity contribution in [2.45, 2.75) is 78.2 Å². The molecule has 7 atom stereocenters. The van der Waals surface area contributed by atoms with Crippen molar-refractivity contribution in [3.8, 4) is 0 Å². The van der Waals surface area contributed by atoms with Gasteiger partial charge in [0.05, 0.1) is 5.41 Å². The highest BCUT2D eigenvalue weighted by molar-refractivity contribution is 5.75. The molecule has 4 rings (SSSR count). The molecular formula is C22H32O4. The van der Waals surface area contributed by atoms with Crippen molar-refractivity contribution >= 4 is 11.9 Å². The van der Waals surface area contributed by atoms with Crippen molar-refractivity contribution in [1.29, 1.82) is 0 Å². The van der Waals surface area contributed by atoms with Gasteiger partial charge in [0.2, 0.25) is 0 Å². The Morgan fingerprint density at radius 1 is 1.12 bits per heavy atom. The van der Waals surface area contributed by atoms with Crippen molar-refractivity contribution in [3.05, 3.63) is 12.2 Å². The Hall–Kier alpha value is -1.32. The molecule has 0 amide bonds. The first kappa shape index (κ1) is 18.1. The van der Waals surface area contributed by atoms with Gasteiger partial charge in [0, 0.05) is 12.3 Å². The highest BCUT2D eigenvalue weighted by atomic mass is 16.5. The summed E-state index contributed by atoms with van der Waals surface area (Å²) in [6.45, 7) is 10.1. The number of hydrogen-bond acceptors (Lipinski definition) is 3. The lowest BCUT2D eigenvalue weighted by Crippen LogP contribution is -2.60. The smallest absolute Gasteiger partial charge is 0.309 e. The minimum Gasteiger partial charge on any atom is -0.481 e. The summed E-state index contributed by atoms with van der Waals surface area (Å²) in [5.74, 6) is 0.242. The van der Waals surface area contributed by atoms with Crippen molar-refractivity contribution in [2.75, 3.05) is 0 Å². The number of carboxylic acid groups (broad SMARTS) is 1. The third-order valence-corrected chi connectivity index (χ3v) is 8.95. The number of esters is 1. The molecule has 4 heteroatoms. The van der Waals surface area contributed by atoms with E-state index >= 15 is 0 Å². The van der Waals surface area contributed by atoms with Crippen LogP contribution < -0.4 is 0 Å². The van der Waals surface area contributed by atoms with Crippen LogP contribution in [0, 0.1) is 34.0 Å². The van der Waals surface area contributed by atoms with Gasteiger partial charge in [0.25, 0.3) is 0 Å². The second kappa shape index (κ2) is 5.59. The summed E-state index contributed by atoms with van der Waals surface area (Å²) < 4.78 is 5.87. The Morgan fingerprint density at radius 3 is 2.50 bits per heavy atom. The molecule has 4 aliphatic carbocycles. The average molecular weight is 360 g/mol. The van der Waals surface area contributed by atoms with Crippen LogP contribution in [0.1, 0.15) is 72.1 Å². The highest BCUT2D eigenvalue weighted by Gasteiger charge is 2.68. The molecule has 4 aliphatic rings. The molecule has 2 bridgehead atoms. The number of ether oxygens (including phenoxy) is 1. The quantitative estimate of drug-likeness (QED) is 0.578. The van der Waals surface area contributed by atoms with Gasteiger partial charge in [-0.05, 0) is 80.6 Å². The maximum Gasteiger partial charge on any atom is 0.309 e. The van der Waals surface area contributed by atoms with Crippen molar-refractivity contribution in [2.24, 2.45) is 34.0 Å². The monoisotopic (exact) mass is 360 g/mol. The van der Waals surface area contributed by atoms with Crippen LogP contribution in [0.4, 0.5) is 0 Å². The SMILES string of the molecule is C=C1[C@H]2CC[C@H]3[C@]4(C)CCC[C@@](C)(C(=O)O)[C@@H]4CC[C@]3(C2)[C@H]1OC(C)=O. The Kier molecular flexibility index (Phi) is 3.88. The molecule has 0 unspecified atom stereocenters. The van der Waals surface area contributed by atoms with E-state index in [0.29, 0.717) is 11.8 Å². The third kappa shape index (κ3) is 2.13. The molecule has 0 aromatic carbocycles. The van der Waals surface area contributed by atoms with Crippen LogP contribution in [0.15, 0.2) is 12.2 Å². The van der Waals surface area contributed by atoms with Gasteiger partial charge in [0.15, 0.2) is 0 Å². The predicted molar refractivity (Wildman–Crippen MR) is 98.4 cm³/mol. The Morgan fingerprint density at radius 2 is 1.85 bits per heavy atom. The molecule has 4 fully saturated rings. The van der Waals surface area contributed by atoms with Crippen molar-refractivity contribution in [1.82, 2.24) is 0 Å². The molecule has 0 aromatic heterocycles. The lowest BCUT2D eigenvalue weighted by molar-refractivity contribution is -0.195. The van der Waals surface area contributed by atoms with Gasteiger partial charge in [-0.25, -0.2) is 0 Å². The maximum absolute atomic E-state index is 12.2. The molecule has 1 spiro atoms. The van der Waals surface area contributed by atoms with E-state index in [4.69, 9.17) is 4.74 Å². The van der Waals surface area contributed by atoms with Crippen molar-refractivity contribution < 1.29 is 19.4 Å². The minimum absolute atomic E-state index is 0.0115. The van der Waals surface area contributed by atoms with Gasteiger partial charge in [0.1, 0.15) is 6.10 Å². The van der Waals surface area contributed by atoms with Crippen LogP contribution in [0.3, 0.4) is 0 Å². The third-order valence-electron chi connectivity index (χ3n) is 8.95. The molecular weight excluding hydrogens is 328 g/mol. The molecule has 144 valence electrons. The lowest BCUT2D eigenvalue weighted by Gasteiger charge is -2.63. The number of carboxylic acids is 1. The maximum atomic E-state index is 12.2. The van der Waals surface area contributed by atoms with Gasteiger partial charge in [-0.2, -0.15) is 0 Å². The molecule has 4 nitrogen and oxygen atoms in total. The van der Waals surface area contributed by atoms with Crippen LogP contribution >= 0.6 is 0 Å². The van der Waals surface area contributed by atoms with Gasteiger partial charge < -0.3 is 9.84 Å². The summed E-state index contributed by atoms with van der Waals surface area (Å²) in [5, 5.41) is 10.0. The van der Waals surface area contributed by atoms with Crippen LogP contribution in [0.2, 0.25) is 0 Å². The molecule has 1 N–H and O–H groups in total. The molecule has 0 aliphatic heterocycles. The number of fused-ring (bicyclic) bond motifs is 3. The fourth-order valence-corrected chi connectivity index (χ4v) is 7.95. The summed E-state index contributed by atoms with van der Waals surface area (Å²) in [4.78, 5) is 24.0. The largest absolute Gasteiger partial charge is 0.481 e. The van der Waals surface area contributed by atoms with Gasteiger partial charge in [-0.15, -0.1) is 0 Å². The summed E-state index contributed by atoms with van der Waals surface area (Å²) in [5.41, 5.74) is 0.477. The van der Waals surface area contributed by atoms with Gasteiger partial charge in [-0.1, -0.05) is 19.9 Å². The number of carbonyl (C=O) groups excluding carboxylic acids is 1. The van der Waals surface area contributed by atoms with Crippen LogP contribution in [0.25, 0.3) is 0 Å². The molecule has 0 radical (unpaired) electrons. The van der Waals surface area contributed by atoms with E-state index in [-0.39, 0.29) is 28.8 Å². The van der Waals surface area contributed by atoms with Crippen molar-refractivity contribution in [3.63, 3.8) is 0 Å². The van der Waals surface area contributed by atoms with E-state index in [1.807, 2.05) is 6.92 Å². The molecule has 0 saturated heterocycles. The molecule has 0 aromatic rings. The second-order valence-electron chi connectivity index (χ2n) is 10.0. The van der Waals surface area contributed by atoms with Gasteiger partial charge in [-0.3, -0.25) is 9.59 Å². The standard InChI is InChI=1S/C22H32O4/c1-13-15-6-7-17-20(3)9-5-10-21(4,19(24)25)16(20)8-11-22(17,12-15)18(13)26-14(2)23/h15-18H,1,5-12H2,2-4H3,(H,24,25)/t15-,16+,17-,18-,20+,21+,22+/m0/s1. The lowest BCUT2D eigenvalue weighted by atomic mass is 9.40. The van der Waals surface area contributed by atoms with Crippen LogP contribution in [-0.4, -0.2) is 23.1 Å². The topological polar surface area (TPSA) is 63.6 Å². The fraction of sp³-hybridized carbons (Fsp3) is 0.818. The zero-order valence-corrected chi connectivity index (χ0v) is 16.3. The van der Waals surface area contributed by atoms with E-state index in [0.717, 1.165) is 56.9 Å². The number of rotatable bonds is 2. The Balaban J connectivity index is 1.77. The van der Waals surface area contributed by atoms with Crippen LogP contribution in [-0.2, 0) is 14.3 Å². The summed E-state index contributed by atoms with van der Waals surface area (Å²) in [6, 6.07) is 0. The fourth-order valence-electron chi connectivity index (χ4n) is 7.95. The highest BCUT2D eigenvalue weighted by Crippen LogP contribution is 2.72. The second-order valence-corrected chi connectivity index (χ2v) is 10.0. The van der Waals surface area contributed by atoms with Crippen LogP contribution in [0.5, 0.6) is 0 Å². The number of aliphatic carboxylic acids is 1. The first-order valence-electron chi connectivity index (χ1n) is 10.2. The Labute approximate surface area is 156 Å². The van der Waals surface area contributed by atoms with Gasteiger partial charge >= 0.3 is 11.9 Å². The summed E-state index contributed by atoms with van der Waals surface area (Å²) in [6.07, 6.45) is 7.86. The van der Waals surface area contributed by atoms with E-state index in [1.165, 1.54) is 6.92 Å². The minimum atomic E-state index is -0.634. The van der Waals surface area contributed by atoms with E-state index in [2.05, 4.69) is 13.5 Å². The normalized spacial score (nSPS) is 49.9. The Bertz CT molecular complexity index is 669. The number of carbonyl (C=O) groups is 2. The molecule has 4 saturated carbocycles. The van der Waals surface area contributed by atoms with E-state index in [9.17, 15) is 14.7 Å². The zero-order valence-electron chi connectivity index (χ0n) is 16.3. The summed E-state index contributed by atoms with van der Waals surface area (Å²) in [7, 11) is 0. The summed E-state index contributed by atoms with van der Waals surface area (Å²) >= 11 is 0. The first-order valence-corrected chi connectivity index (χ1v) is 10.2. The van der Waals surface area contributed by atoms with E-state index in [1.54, 1.807) is 0 Å². The molecule has 26 heavy (non-hydrogen) atoms.